The normalized spacial score (nSPS) is 17.0. The molecule has 1 unspecified atom stereocenters. The lowest BCUT2D eigenvalue weighted by molar-refractivity contribution is -0.137. The van der Waals surface area contributed by atoms with E-state index < -0.39 is 58.4 Å². The van der Waals surface area contributed by atoms with Crippen molar-refractivity contribution in [2.75, 3.05) is 26.3 Å². The zero-order valence-electron chi connectivity index (χ0n) is 16.4. The highest BCUT2D eigenvalue weighted by molar-refractivity contribution is 5.92. The molecule has 33 heavy (non-hydrogen) atoms. The molecule has 1 fully saturated rings. The van der Waals surface area contributed by atoms with Crippen molar-refractivity contribution < 1.29 is 49.4 Å². The van der Waals surface area contributed by atoms with Gasteiger partial charge in [-0.25, -0.2) is 26.9 Å². The Morgan fingerprint density at radius 3 is 2.30 bits per heavy atom. The van der Waals surface area contributed by atoms with E-state index in [0.717, 1.165) is 12.1 Å². The van der Waals surface area contributed by atoms with Crippen LogP contribution in [0.2, 0.25) is 0 Å². The first kappa shape index (κ1) is 24.4. The second-order valence-electron chi connectivity index (χ2n) is 6.79. The van der Waals surface area contributed by atoms with Gasteiger partial charge in [-0.3, -0.25) is 4.79 Å². The summed E-state index contributed by atoms with van der Waals surface area (Å²) in [4.78, 5) is 17.0. The second-order valence-corrected chi connectivity index (χ2v) is 6.79. The third-order valence-corrected chi connectivity index (χ3v) is 4.57. The van der Waals surface area contributed by atoms with Crippen LogP contribution in [0.4, 0.5) is 35.1 Å². The Hall–Kier alpha value is -3.22. The van der Waals surface area contributed by atoms with Crippen LogP contribution in [0.5, 0.6) is 5.88 Å². The molecule has 1 aromatic carbocycles. The summed E-state index contributed by atoms with van der Waals surface area (Å²) in [7, 11) is 0. The van der Waals surface area contributed by atoms with E-state index >= 15 is 0 Å². The molecule has 2 heterocycles. The topological polar surface area (TPSA) is 51.7 Å². The minimum Gasteiger partial charge on any atom is -0.475 e. The Morgan fingerprint density at radius 1 is 1.09 bits per heavy atom. The number of amides is 1. The van der Waals surface area contributed by atoms with Crippen molar-refractivity contribution in [3.63, 3.8) is 0 Å². The van der Waals surface area contributed by atoms with Gasteiger partial charge < -0.3 is 14.4 Å². The maximum atomic E-state index is 13.7. The van der Waals surface area contributed by atoms with Crippen LogP contribution in [0.3, 0.4) is 0 Å². The molecule has 2 aromatic rings. The number of pyridine rings is 1. The fraction of sp³-hybridized carbons (Fsp3) is 0.300. The molecular formula is C20H14F8N2O3. The number of aromatic nitrogens is 1. The summed E-state index contributed by atoms with van der Waals surface area (Å²) in [6, 6.07) is 1.80. The lowest BCUT2D eigenvalue weighted by atomic mass is 10.1. The molecule has 1 aliphatic heterocycles. The first-order valence-electron chi connectivity index (χ1n) is 9.25. The summed E-state index contributed by atoms with van der Waals surface area (Å²) < 4.78 is 115. The van der Waals surface area contributed by atoms with Gasteiger partial charge in [0.2, 0.25) is 17.6 Å². The van der Waals surface area contributed by atoms with Gasteiger partial charge in [-0.05, 0) is 12.1 Å². The van der Waals surface area contributed by atoms with Crippen molar-refractivity contribution in [3.05, 3.63) is 64.6 Å². The molecule has 5 nitrogen and oxygen atoms in total. The van der Waals surface area contributed by atoms with Crippen LogP contribution in [0.25, 0.3) is 6.08 Å². The summed E-state index contributed by atoms with van der Waals surface area (Å²) in [6.07, 6.45) is -3.54. The summed E-state index contributed by atoms with van der Waals surface area (Å²) in [5.74, 6) is -11.6. The number of nitrogens with zero attached hydrogens (tertiary/aromatic N) is 2. The van der Waals surface area contributed by atoms with Gasteiger partial charge in [0.15, 0.2) is 23.3 Å². The summed E-state index contributed by atoms with van der Waals surface area (Å²) in [5.41, 5.74) is -2.22. The molecule has 0 saturated carbocycles. The molecular weight excluding hydrogens is 468 g/mol. The van der Waals surface area contributed by atoms with Crippen molar-refractivity contribution in [1.82, 2.24) is 9.88 Å². The zero-order valence-corrected chi connectivity index (χ0v) is 16.4. The Bertz CT molecular complexity index is 1030. The quantitative estimate of drug-likeness (QED) is 0.279. The van der Waals surface area contributed by atoms with Crippen molar-refractivity contribution >= 4 is 12.0 Å². The number of ether oxygens (including phenoxy) is 2. The summed E-state index contributed by atoms with van der Waals surface area (Å²) >= 11 is 0. The van der Waals surface area contributed by atoms with Gasteiger partial charge in [-0.15, -0.1) is 0 Å². The van der Waals surface area contributed by atoms with Gasteiger partial charge in [0.1, 0.15) is 12.7 Å². The van der Waals surface area contributed by atoms with Crippen molar-refractivity contribution in [3.8, 4) is 5.88 Å². The Balaban J connectivity index is 1.61. The first-order valence-corrected chi connectivity index (χ1v) is 9.25. The minimum absolute atomic E-state index is 0.0383. The summed E-state index contributed by atoms with van der Waals surface area (Å²) in [6.45, 7) is -0.143. The van der Waals surface area contributed by atoms with E-state index in [4.69, 9.17) is 9.47 Å². The second kappa shape index (κ2) is 9.73. The molecule has 3 rings (SSSR count). The van der Waals surface area contributed by atoms with Gasteiger partial charge in [0.05, 0.1) is 24.3 Å². The minimum atomic E-state index is -4.55. The average Bonchev–Trinajstić information content (AvgIpc) is 2.80. The molecule has 0 bridgehead atoms. The monoisotopic (exact) mass is 482 g/mol. The number of carbonyl (C=O) groups is 1. The highest BCUT2D eigenvalue weighted by Gasteiger charge is 2.31. The summed E-state index contributed by atoms with van der Waals surface area (Å²) in [5, 5.41) is 0. The third kappa shape index (κ3) is 5.59. The van der Waals surface area contributed by atoms with Crippen LogP contribution >= 0.6 is 0 Å². The highest BCUT2D eigenvalue weighted by Crippen LogP contribution is 2.29. The first-order chi connectivity index (χ1) is 15.5. The zero-order chi connectivity index (χ0) is 24.3. The SMILES string of the molecule is O=C(/C=C/c1c(F)c(F)c(F)c(F)c1F)N1CCOC(COc2ccc(C(F)(F)F)cn2)C1. The molecule has 1 saturated heterocycles. The molecule has 1 amide bonds. The van der Waals surface area contributed by atoms with Gasteiger partial charge in [-0.1, -0.05) is 0 Å². The maximum Gasteiger partial charge on any atom is 0.417 e. The van der Waals surface area contributed by atoms with E-state index in [1.54, 1.807) is 0 Å². The standard InChI is InChI=1S/C20H14F8N2O3/c21-15-12(16(22)18(24)19(25)17(15)23)2-4-14(31)30-5-6-32-11(8-30)9-33-13-3-1-10(7-29-13)20(26,27)28/h1-4,7,11H,5-6,8-9H2/b4-2+. The molecule has 1 aromatic heterocycles. The van der Waals surface area contributed by atoms with Crippen LogP contribution in [0.1, 0.15) is 11.1 Å². The molecule has 1 aliphatic rings. The third-order valence-electron chi connectivity index (χ3n) is 4.57. The van der Waals surface area contributed by atoms with E-state index in [0.29, 0.717) is 18.3 Å². The molecule has 178 valence electrons. The molecule has 0 N–H and O–H groups in total. The molecule has 0 aliphatic carbocycles. The van der Waals surface area contributed by atoms with Crippen molar-refractivity contribution in [2.24, 2.45) is 0 Å². The van der Waals surface area contributed by atoms with E-state index in [1.165, 1.54) is 4.90 Å². The number of rotatable bonds is 5. The highest BCUT2D eigenvalue weighted by atomic mass is 19.4. The fourth-order valence-electron chi connectivity index (χ4n) is 2.86. The van der Waals surface area contributed by atoms with Crippen LogP contribution in [-0.4, -0.2) is 48.2 Å². The van der Waals surface area contributed by atoms with Crippen LogP contribution in [0.15, 0.2) is 24.4 Å². The Morgan fingerprint density at radius 2 is 1.73 bits per heavy atom. The van der Waals surface area contributed by atoms with Gasteiger partial charge in [0.25, 0.3) is 0 Å². The van der Waals surface area contributed by atoms with Crippen LogP contribution in [0, 0.1) is 29.1 Å². The predicted octanol–water partition coefficient (Wildman–Crippen LogP) is 4.12. The van der Waals surface area contributed by atoms with E-state index in [-0.39, 0.29) is 32.2 Å². The van der Waals surface area contributed by atoms with Crippen molar-refractivity contribution in [1.29, 1.82) is 0 Å². The average molecular weight is 482 g/mol. The van der Waals surface area contributed by atoms with Gasteiger partial charge >= 0.3 is 6.18 Å². The number of carbonyl (C=O) groups excluding carboxylic acids is 1. The molecule has 13 heteroatoms. The lowest BCUT2D eigenvalue weighted by Crippen LogP contribution is -2.47. The largest absolute Gasteiger partial charge is 0.475 e. The number of hydrogen-bond acceptors (Lipinski definition) is 4. The predicted molar refractivity (Wildman–Crippen MR) is 96.3 cm³/mol. The number of hydrogen-bond donors (Lipinski definition) is 0. The van der Waals surface area contributed by atoms with E-state index in [2.05, 4.69) is 4.98 Å². The van der Waals surface area contributed by atoms with Gasteiger partial charge in [-0.2, -0.15) is 13.2 Å². The number of benzene rings is 1. The number of halogens is 8. The molecule has 0 spiro atoms. The number of morpholine rings is 1. The number of alkyl halides is 3. The van der Waals surface area contributed by atoms with Crippen LogP contribution < -0.4 is 4.74 Å². The van der Waals surface area contributed by atoms with Crippen molar-refractivity contribution in [2.45, 2.75) is 12.3 Å². The maximum absolute atomic E-state index is 13.7. The molecule has 1 atom stereocenters. The molecule has 0 radical (unpaired) electrons. The Kier molecular flexibility index (Phi) is 7.20. The van der Waals surface area contributed by atoms with E-state index in [1.807, 2.05) is 0 Å². The smallest absolute Gasteiger partial charge is 0.417 e. The van der Waals surface area contributed by atoms with E-state index in [9.17, 15) is 39.9 Å². The Labute approximate surface area is 181 Å². The fourth-order valence-corrected chi connectivity index (χ4v) is 2.86. The lowest BCUT2D eigenvalue weighted by Gasteiger charge is -2.32. The van der Waals surface area contributed by atoms with Gasteiger partial charge in [0, 0.05) is 24.9 Å². The van der Waals surface area contributed by atoms with Crippen LogP contribution in [-0.2, 0) is 15.7 Å².